The van der Waals surface area contributed by atoms with Gasteiger partial charge in [-0.3, -0.25) is 9.59 Å². The van der Waals surface area contributed by atoms with E-state index >= 15 is 0 Å². The third-order valence-corrected chi connectivity index (χ3v) is 2.55. The predicted octanol–water partition coefficient (Wildman–Crippen LogP) is 0.405. The SMILES string of the molecule is C=CC(=O)OC(CC(=O)OC(=O)CC(OC(=O)C=C)OC(=O)C=C)OC(=O)C=C. The molecule has 11 nitrogen and oxygen atoms in total. The lowest BCUT2D eigenvalue weighted by molar-refractivity contribution is -0.188. The number of rotatable bonds is 12. The van der Waals surface area contributed by atoms with Crippen LogP contribution in [0.15, 0.2) is 50.6 Å². The van der Waals surface area contributed by atoms with E-state index in [0.29, 0.717) is 0 Å². The van der Waals surface area contributed by atoms with Gasteiger partial charge >= 0.3 is 35.8 Å². The second kappa shape index (κ2) is 13.2. The molecule has 0 spiro atoms. The monoisotopic (exact) mass is 410 g/mol. The predicted molar refractivity (Wildman–Crippen MR) is 93.1 cm³/mol. The number of ether oxygens (including phenoxy) is 5. The number of carbonyl (C=O) groups is 6. The molecule has 0 amide bonds. The summed E-state index contributed by atoms with van der Waals surface area (Å²) in [6, 6.07) is 0. The largest absolute Gasteiger partial charge is 0.421 e. The second-order valence-corrected chi connectivity index (χ2v) is 4.68. The maximum atomic E-state index is 11.8. The highest BCUT2D eigenvalue weighted by Crippen LogP contribution is 2.09. The van der Waals surface area contributed by atoms with Crippen molar-refractivity contribution in [1.82, 2.24) is 0 Å². The topological polar surface area (TPSA) is 149 Å². The average molecular weight is 410 g/mol. The lowest BCUT2D eigenvalue weighted by Crippen LogP contribution is -2.30. The van der Waals surface area contributed by atoms with Gasteiger partial charge in [0, 0.05) is 24.3 Å². The molecule has 0 saturated heterocycles. The molecule has 156 valence electrons. The summed E-state index contributed by atoms with van der Waals surface area (Å²) >= 11 is 0. The van der Waals surface area contributed by atoms with Crippen LogP contribution in [0.3, 0.4) is 0 Å². The van der Waals surface area contributed by atoms with Crippen molar-refractivity contribution < 1.29 is 52.5 Å². The van der Waals surface area contributed by atoms with Crippen LogP contribution in [-0.2, 0) is 52.5 Å². The van der Waals surface area contributed by atoms with Crippen molar-refractivity contribution in [1.29, 1.82) is 0 Å². The van der Waals surface area contributed by atoms with Crippen molar-refractivity contribution in [3.05, 3.63) is 50.6 Å². The number of carbonyl (C=O) groups excluding carboxylic acids is 6. The van der Waals surface area contributed by atoms with Crippen LogP contribution in [0.4, 0.5) is 0 Å². The molecule has 0 aliphatic heterocycles. The fraction of sp³-hybridized carbons (Fsp3) is 0.222. The summed E-state index contributed by atoms with van der Waals surface area (Å²) in [6.07, 6.45) is -2.16. The Hall–Kier alpha value is -4.02. The summed E-state index contributed by atoms with van der Waals surface area (Å²) in [4.78, 5) is 68.5. The Morgan fingerprint density at radius 2 is 0.793 bits per heavy atom. The summed E-state index contributed by atoms with van der Waals surface area (Å²) in [7, 11) is 0. The smallest absolute Gasteiger partial charge is 0.333 e. The van der Waals surface area contributed by atoms with E-state index in [9.17, 15) is 28.8 Å². The van der Waals surface area contributed by atoms with Gasteiger partial charge in [0.25, 0.3) is 12.6 Å². The number of esters is 6. The highest BCUT2D eigenvalue weighted by atomic mass is 16.7. The molecule has 29 heavy (non-hydrogen) atoms. The first-order valence-electron chi connectivity index (χ1n) is 7.70. The summed E-state index contributed by atoms with van der Waals surface area (Å²) < 4.78 is 22.9. The van der Waals surface area contributed by atoms with E-state index in [4.69, 9.17) is 0 Å². The average Bonchev–Trinajstić information content (AvgIpc) is 2.66. The Morgan fingerprint density at radius 1 is 0.552 bits per heavy atom. The number of hydrogen-bond donors (Lipinski definition) is 0. The van der Waals surface area contributed by atoms with Crippen LogP contribution >= 0.6 is 0 Å². The zero-order chi connectivity index (χ0) is 22.4. The third-order valence-electron chi connectivity index (χ3n) is 2.55. The first-order valence-corrected chi connectivity index (χ1v) is 7.70. The van der Waals surface area contributed by atoms with E-state index in [1.807, 2.05) is 0 Å². The van der Waals surface area contributed by atoms with E-state index in [2.05, 4.69) is 50.0 Å². The molecular weight excluding hydrogens is 392 g/mol. The van der Waals surface area contributed by atoms with Crippen LogP contribution in [0.25, 0.3) is 0 Å². The quantitative estimate of drug-likeness (QED) is 0.145. The van der Waals surface area contributed by atoms with Gasteiger partial charge in [0.15, 0.2) is 0 Å². The van der Waals surface area contributed by atoms with Gasteiger partial charge in [-0.15, -0.1) is 0 Å². The Balaban J connectivity index is 4.95. The molecule has 0 fully saturated rings. The van der Waals surface area contributed by atoms with Gasteiger partial charge in [-0.2, -0.15) is 0 Å². The van der Waals surface area contributed by atoms with Crippen molar-refractivity contribution >= 4 is 35.8 Å². The summed E-state index contributed by atoms with van der Waals surface area (Å²) in [5.41, 5.74) is 0. The lowest BCUT2D eigenvalue weighted by atomic mass is 10.4. The van der Waals surface area contributed by atoms with E-state index in [0.717, 1.165) is 24.3 Å². The van der Waals surface area contributed by atoms with Crippen LogP contribution < -0.4 is 0 Å². The first kappa shape index (κ1) is 25.0. The van der Waals surface area contributed by atoms with Gasteiger partial charge in [0.05, 0.1) is 0 Å². The van der Waals surface area contributed by atoms with Crippen LogP contribution in [-0.4, -0.2) is 48.4 Å². The number of hydrogen-bond acceptors (Lipinski definition) is 11. The third kappa shape index (κ3) is 11.3. The molecule has 0 aliphatic rings. The molecule has 0 bridgehead atoms. The molecule has 0 heterocycles. The molecular formula is C18H18O11. The van der Waals surface area contributed by atoms with Crippen LogP contribution in [0, 0.1) is 0 Å². The van der Waals surface area contributed by atoms with Gasteiger partial charge in [0.1, 0.15) is 12.8 Å². The van der Waals surface area contributed by atoms with Gasteiger partial charge < -0.3 is 23.7 Å². The molecule has 0 aromatic carbocycles. The fourth-order valence-corrected chi connectivity index (χ4v) is 1.41. The van der Waals surface area contributed by atoms with Crippen LogP contribution in [0.5, 0.6) is 0 Å². The molecule has 11 heteroatoms. The van der Waals surface area contributed by atoms with E-state index in [1.54, 1.807) is 0 Å². The first-order chi connectivity index (χ1) is 13.6. The van der Waals surface area contributed by atoms with Gasteiger partial charge in [-0.05, 0) is 0 Å². The summed E-state index contributed by atoms with van der Waals surface area (Å²) in [5, 5.41) is 0. The fourth-order valence-electron chi connectivity index (χ4n) is 1.41. The normalized spacial score (nSPS) is 9.59. The van der Waals surface area contributed by atoms with Gasteiger partial charge in [-0.25, -0.2) is 19.2 Å². The molecule has 0 aromatic heterocycles. The summed E-state index contributed by atoms with van der Waals surface area (Å²) in [5.74, 6) is -6.59. The standard InChI is InChI=1S/C18H18O11/c1-5-11(19)26-17(27-12(20)6-2)9-15(23)25-16(24)10-18(28-13(21)7-3)29-14(22)8-4/h5-8,17-18H,1-4,9-10H2. The van der Waals surface area contributed by atoms with Crippen molar-refractivity contribution in [3.63, 3.8) is 0 Å². The van der Waals surface area contributed by atoms with Crippen LogP contribution in [0.2, 0.25) is 0 Å². The highest BCUT2D eigenvalue weighted by molar-refractivity contribution is 5.88. The van der Waals surface area contributed by atoms with Crippen LogP contribution in [0.1, 0.15) is 12.8 Å². The molecule has 0 unspecified atom stereocenters. The van der Waals surface area contributed by atoms with Crippen molar-refractivity contribution in [2.45, 2.75) is 25.4 Å². The van der Waals surface area contributed by atoms with E-state index in [1.165, 1.54) is 0 Å². The zero-order valence-electron chi connectivity index (χ0n) is 15.2. The molecule has 0 aliphatic carbocycles. The Morgan fingerprint density at radius 3 is 1.00 bits per heavy atom. The minimum atomic E-state index is -1.72. The van der Waals surface area contributed by atoms with Crippen molar-refractivity contribution in [3.8, 4) is 0 Å². The van der Waals surface area contributed by atoms with Gasteiger partial charge in [0.2, 0.25) is 0 Å². The summed E-state index contributed by atoms with van der Waals surface area (Å²) in [6.45, 7) is 12.5. The Bertz CT molecular complexity index is 615. The second-order valence-electron chi connectivity index (χ2n) is 4.68. The van der Waals surface area contributed by atoms with Gasteiger partial charge in [-0.1, -0.05) is 26.3 Å². The molecule has 0 atom stereocenters. The van der Waals surface area contributed by atoms with Crippen molar-refractivity contribution in [2.75, 3.05) is 0 Å². The molecule has 0 radical (unpaired) electrons. The Kier molecular flexibility index (Phi) is 11.4. The zero-order valence-corrected chi connectivity index (χ0v) is 15.2. The Labute approximate surface area is 165 Å². The molecule has 0 rings (SSSR count). The van der Waals surface area contributed by atoms with E-state index in [-0.39, 0.29) is 0 Å². The minimum absolute atomic E-state index is 0.748. The maximum Gasteiger partial charge on any atom is 0.333 e. The molecule has 0 aromatic rings. The highest BCUT2D eigenvalue weighted by Gasteiger charge is 2.26. The molecule has 0 saturated carbocycles. The lowest BCUT2D eigenvalue weighted by Gasteiger charge is -2.17. The minimum Gasteiger partial charge on any atom is -0.421 e. The maximum absolute atomic E-state index is 11.8. The van der Waals surface area contributed by atoms with E-state index < -0.39 is 61.2 Å². The van der Waals surface area contributed by atoms with Crippen molar-refractivity contribution in [2.24, 2.45) is 0 Å². The molecule has 0 N–H and O–H groups in total.